The first-order chi connectivity index (χ1) is 9.74. The first-order valence-corrected chi connectivity index (χ1v) is 6.92. The quantitative estimate of drug-likeness (QED) is 0.877. The molecule has 0 radical (unpaired) electrons. The number of nitrogens with zero attached hydrogens (tertiary/aromatic N) is 2. The number of pyridine rings is 1. The van der Waals surface area contributed by atoms with E-state index in [2.05, 4.69) is 28.9 Å². The van der Waals surface area contributed by atoms with E-state index in [4.69, 9.17) is 10.5 Å². The number of anilines is 2. The van der Waals surface area contributed by atoms with Crippen LogP contribution < -0.4 is 15.4 Å². The van der Waals surface area contributed by atoms with E-state index in [0.717, 1.165) is 18.9 Å². The second kappa shape index (κ2) is 6.80. The second-order valence-corrected chi connectivity index (χ2v) is 4.50. The normalized spacial score (nSPS) is 10.3. The Morgan fingerprint density at radius 2 is 1.85 bits per heavy atom. The van der Waals surface area contributed by atoms with E-state index in [0.29, 0.717) is 18.2 Å². The molecule has 1 aromatic heterocycles. The molecule has 4 heteroatoms. The summed E-state index contributed by atoms with van der Waals surface area (Å²) in [5.41, 5.74) is 7.69. The molecule has 2 aromatic rings. The maximum Gasteiger partial charge on any atom is 0.239 e. The molecule has 0 bridgehead atoms. The minimum Gasteiger partial charge on any atom is -0.476 e. The van der Waals surface area contributed by atoms with Crippen LogP contribution in [0.15, 0.2) is 42.5 Å². The molecule has 0 aliphatic rings. The summed E-state index contributed by atoms with van der Waals surface area (Å²) in [6, 6.07) is 14.1. The summed E-state index contributed by atoms with van der Waals surface area (Å²) in [7, 11) is 0. The van der Waals surface area contributed by atoms with Gasteiger partial charge in [0.2, 0.25) is 5.88 Å². The van der Waals surface area contributed by atoms with E-state index in [1.807, 2.05) is 37.3 Å². The summed E-state index contributed by atoms with van der Waals surface area (Å²) >= 11 is 0. The fourth-order valence-electron chi connectivity index (χ4n) is 2.03. The molecule has 0 saturated heterocycles. The number of hydrogen-bond acceptors (Lipinski definition) is 4. The van der Waals surface area contributed by atoms with Gasteiger partial charge >= 0.3 is 0 Å². The standard InChI is InChI=1S/C16H21N3O/c1-3-19(12-13-8-6-5-7-9-13)15-11-10-14(17)16(18-15)20-4-2/h5-11H,3-4,12,17H2,1-2H3. The Labute approximate surface area is 120 Å². The Hall–Kier alpha value is -2.23. The largest absolute Gasteiger partial charge is 0.476 e. The molecule has 0 unspecified atom stereocenters. The zero-order valence-corrected chi connectivity index (χ0v) is 12.0. The van der Waals surface area contributed by atoms with Gasteiger partial charge in [-0.3, -0.25) is 0 Å². The predicted octanol–water partition coefficient (Wildman–Crippen LogP) is 3.09. The van der Waals surface area contributed by atoms with Gasteiger partial charge in [-0.2, -0.15) is 4.98 Å². The van der Waals surface area contributed by atoms with Crippen molar-refractivity contribution in [2.24, 2.45) is 0 Å². The van der Waals surface area contributed by atoms with Crippen LogP contribution in [-0.2, 0) is 6.54 Å². The van der Waals surface area contributed by atoms with Crippen molar-refractivity contribution in [3.8, 4) is 5.88 Å². The third-order valence-electron chi connectivity index (χ3n) is 3.08. The van der Waals surface area contributed by atoms with E-state index in [-0.39, 0.29) is 0 Å². The maximum absolute atomic E-state index is 5.86. The molecule has 20 heavy (non-hydrogen) atoms. The van der Waals surface area contributed by atoms with Crippen LogP contribution in [0.1, 0.15) is 19.4 Å². The van der Waals surface area contributed by atoms with E-state index in [9.17, 15) is 0 Å². The van der Waals surface area contributed by atoms with Crippen LogP contribution in [0.5, 0.6) is 5.88 Å². The average Bonchev–Trinajstić information content (AvgIpc) is 2.48. The first kappa shape index (κ1) is 14.2. The number of nitrogens with two attached hydrogens (primary N) is 1. The van der Waals surface area contributed by atoms with Gasteiger partial charge in [-0.05, 0) is 31.5 Å². The molecular weight excluding hydrogens is 250 g/mol. The topological polar surface area (TPSA) is 51.4 Å². The Bertz CT molecular complexity index is 543. The summed E-state index contributed by atoms with van der Waals surface area (Å²) in [5, 5.41) is 0. The van der Waals surface area contributed by atoms with Gasteiger partial charge in [0, 0.05) is 13.1 Å². The highest BCUT2D eigenvalue weighted by molar-refractivity contribution is 5.54. The van der Waals surface area contributed by atoms with Crippen molar-refractivity contribution in [2.75, 3.05) is 23.8 Å². The van der Waals surface area contributed by atoms with Crippen LogP contribution in [0, 0.1) is 0 Å². The number of rotatable bonds is 6. The van der Waals surface area contributed by atoms with Gasteiger partial charge in [-0.1, -0.05) is 30.3 Å². The third-order valence-corrected chi connectivity index (χ3v) is 3.08. The lowest BCUT2D eigenvalue weighted by molar-refractivity contribution is 0.329. The minimum absolute atomic E-state index is 0.511. The fourth-order valence-corrected chi connectivity index (χ4v) is 2.03. The molecule has 2 rings (SSSR count). The van der Waals surface area contributed by atoms with Crippen molar-refractivity contribution >= 4 is 11.5 Å². The second-order valence-electron chi connectivity index (χ2n) is 4.50. The molecule has 0 aliphatic carbocycles. The zero-order chi connectivity index (χ0) is 14.4. The number of benzene rings is 1. The monoisotopic (exact) mass is 271 g/mol. The van der Waals surface area contributed by atoms with Gasteiger partial charge in [0.1, 0.15) is 5.82 Å². The maximum atomic E-state index is 5.86. The number of hydrogen-bond donors (Lipinski definition) is 1. The highest BCUT2D eigenvalue weighted by atomic mass is 16.5. The van der Waals surface area contributed by atoms with Gasteiger partial charge in [0.15, 0.2) is 0 Å². The molecule has 1 heterocycles. The smallest absolute Gasteiger partial charge is 0.239 e. The van der Waals surface area contributed by atoms with E-state index >= 15 is 0 Å². The molecule has 4 nitrogen and oxygen atoms in total. The van der Waals surface area contributed by atoms with Crippen LogP contribution >= 0.6 is 0 Å². The van der Waals surface area contributed by atoms with Gasteiger partial charge < -0.3 is 15.4 Å². The summed E-state index contributed by atoms with van der Waals surface area (Å²) in [5.74, 6) is 1.39. The number of nitrogen functional groups attached to an aromatic ring is 1. The van der Waals surface area contributed by atoms with Crippen LogP contribution in [0.2, 0.25) is 0 Å². The predicted molar refractivity (Wildman–Crippen MR) is 83.0 cm³/mol. The van der Waals surface area contributed by atoms with Crippen molar-refractivity contribution in [3.63, 3.8) is 0 Å². The molecule has 0 saturated carbocycles. The van der Waals surface area contributed by atoms with Crippen molar-refractivity contribution in [1.29, 1.82) is 0 Å². The average molecular weight is 271 g/mol. The van der Waals surface area contributed by atoms with Crippen LogP contribution in [0.25, 0.3) is 0 Å². The number of aromatic nitrogens is 1. The molecule has 1 aromatic carbocycles. The highest BCUT2D eigenvalue weighted by Crippen LogP contribution is 2.24. The summed E-state index contributed by atoms with van der Waals surface area (Å²) in [6.07, 6.45) is 0. The third kappa shape index (κ3) is 3.41. The molecule has 0 aliphatic heterocycles. The molecule has 106 valence electrons. The van der Waals surface area contributed by atoms with Crippen molar-refractivity contribution in [1.82, 2.24) is 4.98 Å². The van der Waals surface area contributed by atoms with Crippen LogP contribution in [-0.4, -0.2) is 18.1 Å². The molecule has 0 atom stereocenters. The molecule has 0 amide bonds. The van der Waals surface area contributed by atoms with Gasteiger partial charge in [0.25, 0.3) is 0 Å². The van der Waals surface area contributed by atoms with Crippen molar-refractivity contribution in [3.05, 3.63) is 48.0 Å². The lowest BCUT2D eigenvalue weighted by Crippen LogP contribution is -2.23. The van der Waals surface area contributed by atoms with Crippen LogP contribution in [0.3, 0.4) is 0 Å². The van der Waals surface area contributed by atoms with E-state index < -0.39 is 0 Å². The Balaban J connectivity index is 2.21. The molecule has 0 fully saturated rings. The van der Waals surface area contributed by atoms with Crippen molar-refractivity contribution < 1.29 is 4.74 Å². The van der Waals surface area contributed by atoms with E-state index in [1.54, 1.807) is 0 Å². The molecule has 0 spiro atoms. The Kier molecular flexibility index (Phi) is 4.82. The SMILES string of the molecule is CCOc1nc(N(CC)Cc2ccccc2)ccc1N. The summed E-state index contributed by atoms with van der Waals surface area (Å²) in [6.45, 7) is 6.29. The number of ether oxygens (including phenoxy) is 1. The highest BCUT2D eigenvalue weighted by Gasteiger charge is 2.10. The van der Waals surface area contributed by atoms with Crippen LogP contribution in [0.4, 0.5) is 11.5 Å². The summed E-state index contributed by atoms with van der Waals surface area (Å²) in [4.78, 5) is 6.70. The fraction of sp³-hybridized carbons (Fsp3) is 0.312. The lowest BCUT2D eigenvalue weighted by Gasteiger charge is -2.23. The first-order valence-electron chi connectivity index (χ1n) is 6.92. The Morgan fingerprint density at radius 1 is 1.10 bits per heavy atom. The zero-order valence-electron chi connectivity index (χ0n) is 12.0. The summed E-state index contributed by atoms with van der Waals surface area (Å²) < 4.78 is 5.46. The minimum atomic E-state index is 0.511. The van der Waals surface area contributed by atoms with Crippen molar-refractivity contribution in [2.45, 2.75) is 20.4 Å². The van der Waals surface area contributed by atoms with Gasteiger partial charge in [-0.25, -0.2) is 0 Å². The van der Waals surface area contributed by atoms with Gasteiger partial charge in [-0.15, -0.1) is 0 Å². The van der Waals surface area contributed by atoms with E-state index in [1.165, 1.54) is 5.56 Å². The van der Waals surface area contributed by atoms with Gasteiger partial charge in [0.05, 0.1) is 12.3 Å². The molecule has 2 N–H and O–H groups in total. The molecular formula is C16H21N3O. The lowest BCUT2D eigenvalue weighted by atomic mass is 10.2. The Morgan fingerprint density at radius 3 is 2.50 bits per heavy atom.